The lowest BCUT2D eigenvalue weighted by Crippen LogP contribution is -2.68. The monoisotopic (exact) mass is 543 g/mol. The summed E-state index contributed by atoms with van der Waals surface area (Å²) in [6.07, 6.45) is -20.6. The van der Waals surface area contributed by atoms with Crippen molar-refractivity contribution >= 4 is 5.91 Å². The maximum absolute atomic E-state index is 11.8. The number of rotatable bonds is 8. The summed E-state index contributed by atoms with van der Waals surface area (Å²) in [7, 11) is 1.26. The van der Waals surface area contributed by atoms with E-state index in [1.54, 1.807) is 0 Å². The van der Waals surface area contributed by atoms with E-state index in [0.717, 1.165) is 6.92 Å². The molecule has 0 saturated carbocycles. The number of hydrogen-bond donors (Lipinski definition) is 9. The summed E-state index contributed by atoms with van der Waals surface area (Å²) in [5.41, 5.74) is 0. The number of hydrogen-bond acceptors (Lipinski definition) is 15. The number of ether oxygens (including phenoxy) is 6. The number of aliphatic hydroxyl groups excluding tert-OH is 8. The highest BCUT2D eigenvalue weighted by Crippen LogP contribution is 2.33. The molecule has 216 valence electrons. The largest absolute Gasteiger partial charge is 0.394 e. The van der Waals surface area contributed by atoms with E-state index in [4.69, 9.17) is 28.4 Å². The van der Waals surface area contributed by atoms with Crippen LogP contribution in [0.5, 0.6) is 0 Å². The average molecular weight is 544 g/mol. The van der Waals surface area contributed by atoms with Gasteiger partial charge in [0.2, 0.25) is 5.91 Å². The molecule has 16 nitrogen and oxygen atoms in total. The van der Waals surface area contributed by atoms with Gasteiger partial charge in [0.15, 0.2) is 18.9 Å². The minimum absolute atomic E-state index is 0.596. The highest BCUT2D eigenvalue weighted by molar-refractivity contribution is 5.73. The van der Waals surface area contributed by atoms with Gasteiger partial charge in [-0.3, -0.25) is 4.79 Å². The molecule has 1 amide bonds. The normalized spacial score (nSPS) is 49.0. The molecule has 6 unspecified atom stereocenters. The van der Waals surface area contributed by atoms with Gasteiger partial charge in [-0.2, -0.15) is 0 Å². The Hall–Kier alpha value is -1.09. The smallest absolute Gasteiger partial charge is 0.217 e. The third kappa shape index (κ3) is 6.39. The van der Waals surface area contributed by atoms with Crippen LogP contribution in [0.3, 0.4) is 0 Å². The van der Waals surface area contributed by atoms with Gasteiger partial charge in [0.05, 0.1) is 19.3 Å². The zero-order valence-corrected chi connectivity index (χ0v) is 20.5. The van der Waals surface area contributed by atoms with Crippen molar-refractivity contribution in [1.82, 2.24) is 5.32 Å². The van der Waals surface area contributed by atoms with E-state index in [1.807, 2.05) is 0 Å². The van der Waals surface area contributed by atoms with Crippen molar-refractivity contribution in [2.24, 2.45) is 0 Å². The zero-order valence-electron chi connectivity index (χ0n) is 20.5. The molecule has 3 aliphatic heterocycles. The topological polar surface area (TPSA) is 246 Å². The van der Waals surface area contributed by atoms with E-state index in [-0.39, 0.29) is 0 Å². The van der Waals surface area contributed by atoms with Crippen molar-refractivity contribution in [3.63, 3.8) is 0 Å². The van der Waals surface area contributed by atoms with Crippen LogP contribution in [-0.4, -0.2) is 159 Å². The van der Waals surface area contributed by atoms with E-state index >= 15 is 0 Å². The van der Waals surface area contributed by atoms with Gasteiger partial charge in [-0.1, -0.05) is 0 Å². The van der Waals surface area contributed by atoms with Crippen LogP contribution in [0.1, 0.15) is 13.8 Å². The number of nitrogens with one attached hydrogen (secondary N) is 1. The molecule has 0 aromatic heterocycles. The summed E-state index contributed by atoms with van der Waals surface area (Å²) in [5, 5.41) is 83.7. The molecular weight excluding hydrogens is 506 g/mol. The van der Waals surface area contributed by atoms with Crippen molar-refractivity contribution in [1.29, 1.82) is 0 Å². The quantitative estimate of drug-likeness (QED) is 0.138. The van der Waals surface area contributed by atoms with Crippen LogP contribution in [0, 0.1) is 0 Å². The van der Waals surface area contributed by atoms with E-state index < -0.39 is 111 Å². The second-order valence-corrected chi connectivity index (χ2v) is 9.27. The van der Waals surface area contributed by atoms with Crippen molar-refractivity contribution in [3.8, 4) is 0 Å². The van der Waals surface area contributed by atoms with Gasteiger partial charge in [-0.15, -0.1) is 0 Å². The molecule has 3 heterocycles. The third-order valence-electron chi connectivity index (χ3n) is 6.67. The number of aliphatic hydroxyl groups is 8. The molecule has 0 spiro atoms. The molecule has 0 aromatic rings. The Labute approximate surface area is 212 Å². The van der Waals surface area contributed by atoms with E-state index in [1.165, 1.54) is 14.0 Å². The molecule has 9 N–H and O–H groups in total. The lowest BCUT2D eigenvalue weighted by atomic mass is 9.95. The van der Waals surface area contributed by atoms with Crippen molar-refractivity contribution in [3.05, 3.63) is 0 Å². The maximum atomic E-state index is 11.8. The Morgan fingerprint density at radius 3 is 1.81 bits per heavy atom. The summed E-state index contributed by atoms with van der Waals surface area (Å²) in [5.74, 6) is -0.596. The van der Waals surface area contributed by atoms with Crippen LogP contribution < -0.4 is 5.32 Å². The lowest BCUT2D eigenvalue weighted by Gasteiger charge is -2.49. The lowest BCUT2D eigenvalue weighted by molar-refractivity contribution is -0.381. The van der Waals surface area contributed by atoms with Gasteiger partial charge in [0.1, 0.15) is 67.1 Å². The molecule has 0 aromatic carbocycles. The highest BCUT2D eigenvalue weighted by Gasteiger charge is 2.54. The fraction of sp³-hybridized carbons (Fsp3) is 0.952. The molecule has 16 heteroatoms. The Kier molecular flexibility index (Phi) is 10.6. The first-order valence-corrected chi connectivity index (χ1v) is 11.8. The number of methoxy groups -OCH3 is 1. The Morgan fingerprint density at radius 1 is 0.730 bits per heavy atom. The van der Waals surface area contributed by atoms with Crippen molar-refractivity contribution < 1.29 is 74.1 Å². The van der Waals surface area contributed by atoms with Gasteiger partial charge in [0, 0.05) is 14.0 Å². The van der Waals surface area contributed by atoms with Crippen LogP contribution >= 0.6 is 0 Å². The van der Waals surface area contributed by atoms with Crippen LogP contribution in [0.15, 0.2) is 0 Å². The first-order valence-electron chi connectivity index (χ1n) is 11.8. The Balaban J connectivity index is 1.90. The van der Waals surface area contributed by atoms with Gasteiger partial charge in [-0.05, 0) is 6.92 Å². The van der Waals surface area contributed by atoms with Gasteiger partial charge in [-0.25, -0.2) is 0 Å². The first-order chi connectivity index (χ1) is 17.4. The third-order valence-corrected chi connectivity index (χ3v) is 6.67. The SMILES string of the molecule is CO[C@@H]1OC(C)[C@H](O)[C@H](O[C@H]2O[C@@H](CO)[C@@H](O)C(O)C2O)C1O[C@@H]1OC(CO)[C@@H](O)[C@H](O)C1NC(C)=O. The number of amides is 1. The molecule has 3 saturated heterocycles. The summed E-state index contributed by atoms with van der Waals surface area (Å²) in [6, 6.07) is -1.34. The molecule has 0 bridgehead atoms. The van der Waals surface area contributed by atoms with Crippen LogP contribution in [-0.2, 0) is 33.2 Å². The summed E-state index contributed by atoms with van der Waals surface area (Å²) >= 11 is 0. The van der Waals surface area contributed by atoms with E-state index in [2.05, 4.69) is 5.32 Å². The fourth-order valence-corrected chi connectivity index (χ4v) is 4.55. The average Bonchev–Trinajstić information content (AvgIpc) is 2.87. The predicted molar refractivity (Wildman–Crippen MR) is 116 cm³/mol. The van der Waals surface area contributed by atoms with Gasteiger partial charge < -0.3 is 74.6 Å². The van der Waals surface area contributed by atoms with Crippen molar-refractivity contribution in [2.45, 2.75) is 106 Å². The minimum Gasteiger partial charge on any atom is -0.394 e. The molecular formula is C21H37NO15. The van der Waals surface area contributed by atoms with Crippen LogP contribution in [0.4, 0.5) is 0 Å². The van der Waals surface area contributed by atoms with Crippen LogP contribution in [0.2, 0.25) is 0 Å². The second-order valence-electron chi connectivity index (χ2n) is 9.27. The predicted octanol–water partition coefficient (Wildman–Crippen LogP) is -5.75. The Morgan fingerprint density at radius 2 is 1.27 bits per heavy atom. The van der Waals surface area contributed by atoms with E-state index in [9.17, 15) is 45.6 Å². The Bertz CT molecular complexity index is 745. The molecule has 0 aliphatic carbocycles. The standard InChI is InChI=1S/C21H37NO15/c1-6-11(26)17(36-20-16(31)15(30)13(28)9(5-24)35-20)18(21(32-3)33-6)37-19-10(22-7(2)25)14(29)12(27)8(4-23)34-19/h6,8-21,23-24,26-31H,4-5H2,1-3H3,(H,22,25)/t6?,8?,9-,10?,11-,12+,13+,14+,15?,16?,17-,18?,19-,20+,21+/m0/s1. The highest BCUT2D eigenvalue weighted by atomic mass is 16.8. The molecule has 15 atom stereocenters. The zero-order chi connectivity index (χ0) is 27.6. The summed E-state index contributed by atoms with van der Waals surface area (Å²) in [6.45, 7) is 1.24. The number of carbonyl (C=O) groups excluding carboxylic acids is 1. The first kappa shape index (κ1) is 30.5. The molecule has 3 rings (SSSR count). The summed E-state index contributed by atoms with van der Waals surface area (Å²) < 4.78 is 33.7. The van der Waals surface area contributed by atoms with Gasteiger partial charge >= 0.3 is 0 Å². The van der Waals surface area contributed by atoms with E-state index in [0.29, 0.717) is 0 Å². The number of carbonyl (C=O) groups is 1. The molecule has 0 radical (unpaired) electrons. The van der Waals surface area contributed by atoms with Crippen LogP contribution in [0.25, 0.3) is 0 Å². The molecule has 37 heavy (non-hydrogen) atoms. The fourth-order valence-electron chi connectivity index (χ4n) is 4.55. The van der Waals surface area contributed by atoms with Crippen molar-refractivity contribution in [2.75, 3.05) is 20.3 Å². The second kappa shape index (κ2) is 12.8. The molecule has 3 fully saturated rings. The van der Waals surface area contributed by atoms with Gasteiger partial charge in [0.25, 0.3) is 0 Å². The summed E-state index contributed by atoms with van der Waals surface area (Å²) in [4.78, 5) is 11.8. The minimum atomic E-state index is -1.79. The maximum Gasteiger partial charge on any atom is 0.217 e. The molecule has 3 aliphatic rings.